The van der Waals surface area contributed by atoms with Gasteiger partial charge in [0.25, 0.3) is 0 Å². The van der Waals surface area contributed by atoms with Gasteiger partial charge in [-0.15, -0.1) is 0 Å². The van der Waals surface area contributed by atoms with E-state index in [-0.39, 0.29) is 0 Å². The van der Waals surface area contributed by atoms with Gasteiger partial charge >= 0.3 is 0 Å². The Labute approximate surface area is 84.1 Å². The minimum Gasteiger partial charge on any atom is -0.491 e. The summed E-state index contributed by atoms with van der Waals surface area (Å²) in [7, 11) is 0. The van der Waals surface area contributed by atoms with Crippen LogP contribution in [0.4, 0.5) is 5.69 Å². The third-order valence-electron chi connectivity index (χ3n) is 1.97. The van der Waals surface area contributed by atoms with Gasteiger partial charge in [0.1, 0.15) is 5.75 Å². The lowest BCUT2D eigenvalue weighted by molar-refractivity contribution is 0.314. The molecule has 74 valence electrons. The molecule has 0 spiro atoms. The number of nitrogens with two attached hydrogens (primary N) is 1. The summed E-state index contributed by atoms with van der Waals surface area (Å²) in [5, 5.41) is 8.33. The van der Waals surface area contributed by atoms with Crippen molar-refractivity contribution >= 4 is 5.69 Å². The molecule has 0 atom stereocenters. The summed E-state index contributed by atoms with van der Waals surface area (Å²) in [5.41, 5.74) is 7.51. The molecule has 0 aromatic heterocycles. The predicted octanol–water partition coefficient (Wildman–Crippen LogP) is 2.26. The first-order valence-electron chi connectivity index (χ1n) is 4.60. The molecule has 1 aromatic carbocycles. The summed E-state index contributed by atoms with van der Waals surface area (Å²) >= 11 is 0. The van der Waals surface area contributed by atoms with Crippen LogP contribution in [0.15, 0.2) is 18.2 Å². The van der Waals surface area contributed by atoms with Crippen LogP contribution in [0.25, 0.3) is 0 Å². The molecule has 0 saturated carbocycles. The second kappa shape index (κ2) is 5.13. The molecule has 0 aliphatic carbocycles. The van der Waals surface area contributed by atoms with Crippen molar-refractivity contribution in [2.45, 2.75) is 19.8 Å². The van der Waals surface area contributed by atoms with Gasteiger partial charge < -0.3 is 10.5 Å². The van der Waals surface area contributed by atoms with E-state index < -0.39 is 0 Å². The molecule has 1 rings (SSSR count). The zero-order chi connectivity index (χ0) is 10.4. The number of anilines is 1. The van der Waals surface area contributed by atoms with Crippen LogP contribution in [0.3, 0.4) is 0 Å². The number of hydrogen-bond acceptors (Lipinski definition) is 3. The molecule has 0 aliphatic heterocycles. The molecule has 0 unspecified atom stereocenters. The first-order valence-corrected chi connectivity index (χ1v) is 4.60. The highest BCUT2D eigenvalue weighted by Gasteiger charge is 2.01. The Morgan fingerprint density at radius 1 is 1.50 bits per heavy atom. The van der Waals surface area contributed by atoms with Crippen LogP contribution in [0, 0.1) is 18.3 Å². The second-order valence-corrected chi connectivity index (χ2v) is 3.10. The number of para-hydroxylation sites is 1. The smallest absolute Gasteiger partial charge is 0.142 e. The minimum atomic E-state index is 0.520. The maximum absolute atomic E-state index is 8.33. The summed E-state index contributed by atoms with van der Waals surface area (Å²) < 4.78 is 5.44. The Morgan fingerprint density at radius 3 is 3.00 bits per heavy atom. The fraction of sp³-hybridized carbons (Fsp3) is 0.364. The third-order valence-corrected chi connectivity index (χ3v) is 1.97. The lowest BCUT2D eigenvalue weighted by atomic mass is 10.2. The van der Waals surface area contributed by atoms with Crippen LogP contribution in [0.5, 0.6) is 5.75 Å². The number of ether oxygens (including phenoxy) is 1. The summed E-state index contributed by atoms with van der Waals surface area (Å²) in [5.74, 6) is 0.711. The van der Waals surface area contributed by atoms with E-state index in [9.17, 15) is 0 Å². The lowest BCUT2D eigenvalue weighted by Crippen LogP contribution is -2.01. The normalized spacial score (nSPS) is 9.43. The molecule has 0 fully saturated rings. The van der Waals surface area contributed by atoms with Gasteiger partial charge in [0, 0.05) is 6.42 Å². The second-order valence-electron chi connectivity index (χ2n) is 3.10. The van der Waals surface area contributed by atoms with Crippen LogP contribution >= 0.6 is 0 Å². The number of hydrogen-bond donors (Lipinski definition) is 1. The van der Waals surface area contributed by atoms with Gasteiger partial charge in [-0.05, 0) is 25.0 Å². The molecule has 3 nitrogen and oxygen atoms in total. The van der Waals surface area contributed by atoms with Crippen molar-refractivity contribution in [3.63, 3.8) is 0 Å². The quantitative estimate of drug-likeness (QED) is 0.585. The van der Waals surface area contributed by atoms with Crippen LogP contribution < -0.4 is 10.5 Å². The van der Waals surface area contributed by atoms with Gasteiger partial charge in [0.15, 0.2) is 0 Å². The van der Waals surface area contributed by atoms with Gasteiger partial charge in [-0.2, -0.15) is 5.26 Å². The Bertz CT molecular complexity index is 342. The molecule has 1 aromatic rings. The lowest BCUT2D eigenvalue weighted by Gasteiger charge is -2.09. The molecule has 0 bridgehead atoms. The number of benzene rings is 1. The molecule has 0 aliphatic rings. The van der Waals surface area contributed by atoms with E-state index in [4.69, 9.17) is 15.7 Å². The molecule has 0 heterocycles. The van der Waals surface area contributed by atoms with E-state index in [1.165, 1.54) is 0 Å². The van der Waals surface area contributed by atoms with Crippen LogP contribution in [-0.4, -0.2) is 6.61 Å². The zero-order valence-corrected chi connectivity index (χ0v) is 8.29. The Kier molecular flexibility index (Phi) is 3.81. The fourth-order valence-electron chi connectivity index (χ4n) is 1.11. The first-order chi connectivity index (χ1) is 6.75. The highest BCUT2D eigenvalue weighted by atomic mass is 16.5. The largest absolute Gasteiger partial charge is 0.491 e. The number of unbranched alkanes of at least 4 members (excludes halogenated alkanes) is 1. The standard InChI is InChI=1S/C11H14N2O/c1-9-5-4-6-10(11(9)13)14-8-3-2-7-12/h4-6H,2-3,8,13H2,1H3. The van der Waals surface area contributed by atoms with Crippen LogP contribution in [-0.2, 0) is 0 Å². The Morgan fingerprint density at radius 2 is 2.29 bits per heavy atom. The predicted molar refractivity (Wildman–Crippen MR) is 55.9 cm³/mol. The monoisotopic (exact) mass is 190 g/mol. The van der Waals surface area contributed by atoms with E-state index in [0.29, 0.717) is 24.5 Å². The molecule has 0 radical (unpaired) electrons. The number of nitriles is 1. The SMILES string of the molecule is Cc1cccc(OCCCC#N)c1N. The molecular weight excluding hydrogens is 176 g/mol. The highest BCUT2D eigenvalue weighted by molar-refractivity contribution is 5.57. The number of rotatable bonds is 4. The highest BCUT2D eigenvalue weighted by Crippen LogP contribution is 2.24. The summed E-state index contributed by atoms with van der Waals surface area (Å²) in [6, 6.07) is 7.76. The average molecular weight is 190 g/mol. The molecule has 14 heavy (non-hydrogen) atoms. The summed E-state index contributed by atoms with van der Waals surface area (Å²) in [4.78, 5) is 0. The molecule has 0 saturated heterocycles. The topological polar surface area (TPSA) is 59.0 Å². The van der Waals surface area contributed by atoms with Crippen LogP contribution in [0.1, 0.15) is 18.4 Å². The third kappa shape index (κ3) is 2.67. The Hall–Kier alpha value is -1.69. The molecule has 3 heteroatoms. The van der Waals surface area contributed by atoms with E-state index >= 15 is 0 Å². The molecular formula is C11H14N2O. The molecule has 2 N–H and O–H groups in total. The van der Waals surface area contributed by atoms with Crippen LogP contribution in [0.2, 0.25) is 0 Å². The summed E-state index contributed by atoms with van der Waals surface area (Å²) in [6.07, 6.45) is 1.26. The minimum absolute atomic E-state index is 0.520. The van der Waals surface area contributed by atoms with E-state index in [1.807, 2.05) is 25.1 Å². The van der Waals surface area contributed by atoms with Crippen molar-refractivity contribution in [1.82, 2.24) is 0 Å². The molecule has 0 amide bonds. The van der Waals surface area contributed by atoms with Gasteiger partial charge in [-0.1, -0.05) is 12.1 Å². The number of nitrogens with zero attached hydrogens (tertiary/aromatic N) is 1. The fourth-order valence-corrected chi connectivity index (χ4v) is 1.11. The van der Waals surface area contributed by atoms with E-state index in [2.05, 4.69) is 6.07 Å². The van der Waals surface area contributed by atoms with Gasteiger partial charge in [-0.25, -0.2) is 0 Å². The van der Waals surface area contributed by atoms with Crippen molar-refractivity contribution < 1.29 is 4.74 Å². The Balaban J connectivity index is 2.51. The summed E-state index contributed by atoms with van der Waals surface area (Å²) in [6.45, 7) is 2.48. The van der Waals surface area contributed by atoms with E-state index in [1.54, 1.807) is 0 Å². The maximum atomic E-state index is 8.33. The zero-order valence-electron chi connectivity index (χ0n) is 8.29. The van der Waals surface area contributed by atoms with Crippen molar-refractivity contribution in [3.05, 3.63) is 23.8 Å². The van der Waals surface area contributed by atoms with Crippen molar-refractivity contribution in [3.8, 4) is 11.8 Å². The van der Waals surface area contributed by atoms with Crippen molar-refractivity contribution in [2.24, 2.45) is 0 Å². The number of aryl methyl sites for hydroxylation is 1. The average Bonchev–Trinajstić information content (AvgIpc) is 2.19. The van der Waals surface area contributed by atoms with Gasteiger partial charge in [0.2, 0.25) is 0 Å². The van der Waals surface area contributed by atoms with Crippen molar-refractivity contribution in [1.29, 1.82) is 5.26 Å². The maximum Gasteiger partial charge on any atom is 0.142 e. The number of nitrogen functional groups attached to an aromatic ring is 1. The van der Waals surface area contributed by atoms with E-state index in [0.717, 1.165) is 12.0 Å². The first kappa shape index (κ1) is 10.4. The van der Waals surface area contributed by atoms with Gasteiger partial charge in [-0.3, -0.25) is 0 Å². The van der Waals surface area contributed by atoms with Gasteiger partial charge in [0.05, 0.1) is 18.4 Å². The van der Waals surface area contributed by atoms with Crippen molar-refractivity contribution in [2.75, 3.05) is 12.3 Å².